The summed E-state index contributed by atoms with van der Waals surface area (Å²) in [5.74, 6) is 0.0977. The summed E-state index contributed by atoms with van der Waals surface area (Å²) in [5.41, 5.74) is 0. The van der Waals surface area contributed by atoms with Gasteiger partial charge >= 0.3 is 6.03 Å². The monoisotopic (exact) mass is 243 g/mol. The molecule has 0 aromatic heterocycles. The van der Waals surface area contributed by atoms with Crippen molar-refractivity contribution in [3.8, 4) is 0 Å². The number of hydrogen-bond donors (Lipinski definition) is 4. The lowest BCUT2D eigenvalue weighted by atomic mass is 9.82. The standard InChI is InChI=1S/C11H21N3O3/c1-3-12-11(17)14-10(16)7(2)13-6-8-4-9(15)5-8/h7-9,13,15H,3-6H2,1-2H3,(H2,12,14,16,17). The van der Waals surface area contributed by atoms with E-state index in [1.807, 2.05) is 0 Å². The van der Waals surface area contributed by atoms with Crippen LogP contribution in [-0.2, 0) is 4.79 Å². The zero-order valence-corrected chi connectivity index (χ0v) is 10.3. The molecule has 1 atom stereocenters. The van der Waals surface area contributed by atoms with Crippen LogP contribution in [0, 0.1) is 5.92 Å². The van der Waals surface area contributed by atoms with Crippen LogP contribution in [0.25, 0.3) is 0 Å². The second-order valence-corrected chi connectivity index (χ2v) is 4.47. The van der Waals surface area contributed by atoms with Crippen molar-refractivity contribution in [2.75, 3.05) is 13.1 Å². The van der Waals surface area contributed by atoms with Gasteiger partial charge in [0.05, 0.1) is 12.1 Å². The topological polar surface area (TPSA) is 90.5 Å². The predicted octanol–water partition coefficient (Wildman–Crippen LogP) is -0.419. The largest absolute Gasteiger partial charge is 0.393 e. The maximum Gasteiger partial charge on any atom is 0.321 e. The number of rotatable bonds is 5. The fourth-order valence-electron chi connectivity index (χ4n) is 1.73. The molecule has 17 heavy (non-hydrogen) atoms. The van der Waals surface area contributed by atoms with Gasteiger partial charge in [-0.2, -0.15) is 0 Å². The third kappa shape index (κ3) is 4.70. The first-order valence-corrected chi connectivity index (χ1v) is 6.03. The Bertz CT molecular complexity index is 277. The Balaban J connectivity index is 2.15. The Labute approximate surface area is 101 Å². The van der Waals surface area contributed by atoms with Gasteiger partial charge in [0, 0.05) is 6.54 Å². The van der Waals surface area contributed by atoms with Gasteiger partial charge in [0.25, 0.3) is 0 Å². The van der Waals surface area contributed by atoms with Gasteiger partial charge in [0.1, 0.15) is 0 Å². The molecular weight excluding hydrogens is 222 g/mol. The second kappa shape index (κ2) is 6.56. The summed E-state index contributed by atoms with van der Waals surface area (Å²) >= 11 is 0. The molecule has 0 aliphatic heterocycles. The molecule has 0 radical (unpaired) electrons. The van der Waals surface area contributed by atoms with E-state index in [-0.39, 0.29) is 12.0 Å². The summed E-state index contributed by atoms with van der Waals surface area (Å²) in [5, 5.41) is 16.9. The lowest BCUT2D eigenvalue weighted by Gasteiger charge is -2.32. The van der Waals surface area contributed by atoms with Gasteiger partial charge in [0.2, 0.25) is 5.91 Å². The quantitative estimate of drug-likeness (QED) is 0.528. The van der Waals surface area contributed by atoms with Gasteiger partial charge < -0.3 is 15.7 Å². The number of nitrogens with one attached hydrogen (secondary N) is 3. The normalized spacial score (nSPS) is 24.6. The van der Waals surface area contributed by atoms with Gasteiger partial charge in [-0.25, -0.2) is 4.79 Å². The van der Waals surface area contributed by atoms with Crippen LogP contribution in [0.4, 0.5) is 4.79 Å². The van der Waals surface area contributed by atoms with E-state index < -0.39 is 12.1 Å². The third-order valence-electron chi connectivity index (χ3n) is 2.89. The predicted molar refractivity (Wildman–Crippen MR) is 63.4 cm³/mol. The molecule has 0 heterocycles. The molecular formula is C11H21N3O3. The van der Waals surface area contributed by atoms with E-state index in [4.69, 9.17) is 5.11 Å². The second-order valence-electron chi connectivity index (χ2n) is 4.47. The van der Waals surface area contributed by atoms with Gasteiger partial charge in [-0.15, -0.1) is 0 Å². The average molecular weight is 243 g/mol. The maximum atomic E-state index is 11.5. The van der Waals surface area contributed by atoms with E-state index in [1.165, 1.54) is 0 Å². The minimum Gasteiger partial charge on any atom is -0.393 e. The summed E-state index contributed by atoms with van der Waals surface area (Å²) in [4.78, 5) is 22.6. The highest BCUT2D eigenvalue weighted by Crippen LogP contribution is 2.26. The SMILES string of the molecule is CCNC(=O)NC(=O)C(C)NCC1CC(O)C1. The molecule has 1 aliphatic rings. The number of carbonyl (C=O) groups excluding carboxylic acids is 2. The molecule has 0 saturated heterocycles. The first-order chi connectivity index (χ1) is 8.02. The van der Waals surface area contributed by atoms with Crippen molar-refractivity contribution in [1.29, 1.82) is 0 Å². The van der Waals surface area contributed by atoms with Crippen molar-refractivity contribution < 1.29 is 14.7 Å². The summed E-state index contributed by atoms with van der Waals surface area (Å²) in [6.45, 7) is 4.68. The molecule has 0 spiro atoms. The number of hydrogen-bond acceptors (Lipinski definition) is 4. The lowest BCUT2D eigenvalue weighted by molar-refractivity contribution is -0.121. The molecule has 1 saturated carbocycles. The van der Waals surface area contributed by atoms with Crippen LogP contribution >= 0.6 is 0 Å². The number of carbonyl (C=O) groups is 2. The zero-order valence-electron chi connectivity index (χ0n) is 10.3. The summed E-state index contributed by atoms with van der Waals surface area (Å²) < 4.78 is 0. The van der Waals surface area contributed by atoms with Crippen molar-refractivity contribution in [3.05, 3.63) is 0 Å². The molecule has 4 N–H and O–H groups in total. The minimum absolute atomic E-state index is 0.179. The Morgan fingerprint density at radius 2 is 2.06 bits per heavy atom. The molecule has 98 valence electrons. The molecule has 1 fully saturated rings. The van der Waals surface area contributed by atoms with Crippen molar-refractivity contribution in [1.82, 2.24) is 16.0 Å². The molecule has 0 bridgehead atoms. The van der Waals surface area contributed by atoms with Crippen molar-refractivity contribution >= 4 is 11.9 Å². The summed E-state index contributed by atoms with van der Waals surface area (Å²) in [7, 11) is 0. The van der Waals surface area contributed by atoms with Crippen molar-refractivity contribution in [2.45, 2.75) is 38.8 Å². The van der Waals surface area contributed by atoms with Crippen LogP contribution in [0.15, 0.2) is 0 Å². The van der Waals surface area contributed by atoms with E-state index in [1.54, 1.807) is 13.8 Å². The molecule has 0 aromatic rings. The van der Waals surface area contributed by atoms with E-state index in [0.717, 1.165) is 12.8 Å². The molecule has 6 heteroatoms. The van der Waals surface area contributed by atoms with Gasteiger partial charge in [0.15, 0.2) is 0 Å². The van der Waals surface area contributed by atoms with Gasteiger partial charge in [-0.1, -0.05) is 0 Å². The lowest BCUT2D eigenvalue weighted by Crippen LogP contribution is -2.49. The molecule has 1 unspecified atom stereocenters. The Hall–Kier alpha value is -1.14. The van der Waals surface area contributed by atoms with E-state index in [0.29, 0.717) is 19.0 Å². The number of aliphatic hydroxyl groups is 1. The smallest absolute Gasteiger partial charge is 0.321 e. The van der Waals surface area contributed by atoms with Crippen LogP contribution in [0.5, 0.6) is 0 Å². The summed E-state index contributed by atoms with van der Waals surface area (Å²) in [6, 6.07) is -0.874. The number of urea groups is 1. The number of amides is 3. The Kier molecular flexibility index (Phi) is 5.37. The van der Waals surface area contributed by atoms with E-state index in [9.17, 15) is 9.59 Å². The van der Waals surface area contributed by atoms with Crippen LogP contribution in [0.2, 0.25) is 0 Å². The fourth-order valence-corrected chi connectivity index (χ4v) is 1.73. The van der Waals surface area contributed by atoms with Crippen LogP contribution in [0.3, 0.4) is 0 Å². The molecule has 1 rings (SSSR count). The molecule has 3 amide bonds. The highest BCUT2D eigenvalue weighted by Gasteiger charge is 2.27. The number of aliphatic hydroxyl groups excluding tert-OH is 1. The van der Waals surface area contributed by atoms with Crippen LogP contribution < -0.4 is 16.0 Å². The molecule has 6 nitrogen and oxygen atoms in total. The van der Waals surface area contributed by atoms with Gasteiger partial charge in [-0.05, 0) is 39.2 Å². The highest BCUT2D eigenvalue weighted by atomic mass is 16.3. The highest BCUT2D eigenvalue weighted by molar-refractivity contribution is 5.96. The third-order valence-corrected chi connectivity index (χ3v) is 2.89. The fraction of sp³-hybridized carbons (Fsp3) is 0.818. The molecule has 0 aromatic carbocycles. The Morgan fingerprint density at radius 3 is 2.59 bits per heavy atom. The van der Waals surface area contributed by atoms with Gasteiger partial charge in [-0.3, -0.25) is 10.1 Å². The first kappa shape index (κ1) is 13.9. The van der Waals surface area contributed by atoms with Crippen LogP contribution in [0.1, 0.15) is 26.7 Å². The van der Waals surface area contributed by atoms with E-state index >= 15 is 0 Å². The average Bonchev–Trinajstić information content (AvgIpc) is 2.22. The minimum atomic E-state index is -0.467. The van der Waals surface area contributed by atoms with E-state index in [2.05, 4.69) is 16.0 Å². The molecule has 1 aliphatic carbocycles. The van der Waals surface area contributed by atoms with Crippen molar-refractivity contribution in [3.63, 3.8) is 0 Å². The Morgan fingerprint density at radius 1 is 1.41 bits per heavy atom. The van der Waals surface area contributed by atoms with Crippen LogP contribution in [-0.4, -0.2) is 42.3 Å². The summed E-state index contributed by atoms with van der Waals surface area (Å²) in [6.07, 6.45) is 1.40. The van der Waals surface area contributed by atoms with Crippen molar-refractivity contribution in [2.24, 2.45) is 5.92 Å². The zero-order chi connectivity index (χ0) is 12.8. The maximum absolute atomic E-state index is 11.5. The first-order valence-electron chi connectivity index (χ1n) is 6.03. The number of imide groups is 1.